The predicted octanol–water partition coefficient (Wildman–Crippen LogP) is 2.04. The highest BCUT2D eigenvalue weighted by Gasteiger charge is 2.27. The summed E-state index contributed by atoms with van der Waals surface area (Å²) in [4.78, 5) is 25.8. The number of ether oxygens (including phenoxy) is 1. The number of rotatable bonds is 3. The molecule has 1 amide bonds. The molecule has 2 saturated heterocycles. The zero-order valence-electron chi connectivity index (χ0n) is 15.3. The van der Waals surface area contributed by atoms with Crippen molar-refractivity contribution in [3.8, 4) is 5.75 Å². The Hall–Kier alpha value is -2.67. The Labute approximate surface area is 158 Å². The summed E-state index contributed by atoms with van der Waals surface area (Å²) >= 11 is 0. The van der Waals surface area contributed by atoms with Crippen molar-refractivity contribution in [1.29, 1.82) is 0 Å². The fraction of sp³-hybridized carbons (Fsp3) is 0.450. The Morgan fingerprint density at radius 2 is 2.00 bits per heavy atom. The number of nitrogens with zero attached hydrogens (tertiary/aromatic N) is 4. The van der Waals surface area contributed by atoms with Crippen LogP contribution in [0.3, 0.4) is 0 Å². The molecule has 0 bridgehead atoms. The largest absolute Gasteiger partial charge is 0.508 e. The van der Waals surface area contributed by atoms with E-state index in [9.17, 15) is 9.90 Å². The van der Waals surface area contributed by atoms with Gasteiger partial charge in [-0.15, -0.1) is 0 Å². The van der Waals surface area contributed by atoms with E-state index in [2.05, 4.69) is 20.9 Å². The van der Waals surface area contributed by atoms with E-state index in [0.717, 1.165) is 57.2 Å². The third-order valence-electron chi connectivity index (χ3n) is 5.23. The van der Waals surface area contributed by atoms with E-state index < -0.39 is 0 Å². The monoisotopic (exact) mass is 368 g/mol. The van der Waals surface area contributed by atoms with Crippen LogP contribution in [0.4, 0.5) is 5.82 Å². The predicted molar refractivity (Wildman–Crippen MR) is 101 cm³/mol. The molecule has 27 heavy (non-hydrogen) atoms. The summed E-state index contributed by atoms with van der Waals surface area (Å²) in [5.41, 5.74) is 1.51. The SMILES string of the molecule is O=C(c1cccc(O)c1)N1CCCC(c2cc(N3CCOCC3)ncn2)C1. The van der Waals surface area contributed by atoms with Crippen LogP contribution in [0, 0.1) is 0 Å². The maximum absolute atomic E-state index is 12.8. The fourth-order valence-corrected chi connectivity index (χ4v) is 3.77. The normalized spacial score (nSPS) is 20.5. The highest BCUT2D eigenvalue weighted by Crippen LogP contribution is 2.28. The fourth-order valence-electron chi connectivity index (χ4n) is 3.77. The molecule has 1 aromatic heterocycles. The quantitative estimate of drug-likeness (QED) is 0.893. The van der Waals surface area contributed by atoms with Gasteiger partial charge in [0.25, 0.3) is 5.91 Å². The van der Waals surface area contributed by atoms with Gasteiger partial charge in [0.05, 0.1) is 18.9 Å². The molecule has 2 aliphatic heterocycles. The van der Waals surface area contributed by atoms with E-state index in [-0.39, 0.29) is 17.6 Å². The van der Waals surface area contributed by atoms with Crippen LogP contribution in [0.15, 0.2) is 36.7 Å². The van der Waals surface area contributed by atoms with Crippen LogP contribution in [0.5, 0.6) is 5.75 Å². The molecule has 142 valence electrons. The molecule has 1 atom stereocenters. The molecule has 1 unspecified atom stereocenters. The number of benzene rings is 1. The third-order valence-corrected chi connectivity index (χ3v) is 5.23. The summed E-state index contributed by atoms with van der Waals surface area (Å²) in [7, 11) is 0. The maximum atomic E-state index is 12.8. The highest BCUT2D eigenvalue weighted by atomic mass is 16.5. The number of likely N-dealkylation sites (tertiary alicyclic amines) is 1. The average Bonchev–Trinajstić information content (AvgIpc) is 2.74. The molecule has 2 fully saturated rings. The summed E-state index contributed by atoms with van der Waals surface area (Å²) in [6.45, 7) is 4.47. The number of hydrogen-bond donors (Lipinski definition) is 1. The van der Waals surface area contributed by atoms with Crippen LogP contribution >= 0.6 is 0 Å². The second-order valence-corrected chi connectivity index (χ2v) is 7.04. The van der Waals surface area contributed by atoms with Crippen LogP contribution < -0.4 is 4.90 Å². The number of anilines is 1. The minimum absolute atomic E-state index is 0.0435. The minimum Gasteiger partial charge on any atom is -0.508 e. The summed E-state index contributed by atoms with van der Waals surface area (Å²) in [5.74, 6) is 1.20. The zero-order valence-corrected chi connectivity index (χ0v) is 15.3. The number of hydrogen-bond acceptors (Lipinski definition) is 6. The summed E-state index contributed by atoms with van der Waals surface area (Å²) in [6, 6.07) is 8.59. The molecule has 2 aliphatic rings. The van der Waals surface area contributed by atoms with Gasteiger partial charge in [0.15, 0.2) is 0 Å². The number of phenols is 1. The van der Waals surface area contributed by atoms with Crippen molar-refractivity contribution < 1.29 is 14.6 Å². The smallest absolute Gasteiger partial charge is 0.254 e. The lowest BCUT2D eigenvalue weighted by Gasteiger charge is -2.33. The molecule has 7 heteroatoms. The Balaban J connectivity index is 1.49. The lowest BCUT2D eigenvalue weighted by Crippen LogP contribution is -2.39. The molecule has 2 aromatic rings. The van der Waals surface area contributed by atoms with Crippen molar-refractivity contribution in [3.63, 3.8) is 0 Å². The molecule has 1 N–H and O–H groups in total. The first-order valence-corrected chi connectivity index (χ1v) is 9.43. The topological polar surface area (TPSA) is 78.8 Å². The molecule has 3 heterocycles. The van der Waals surface area contributed by atoms with E-state index in [1.807, 2.05) is 4.90 Å². The van der Waals surface area contributed by atoms with E-state index >= 15 is 0 Å². The molecule has 0 aliphatic carbocycles. The van der Waals surface area contributed by atoms with Gasteiger partial charge in [-0.2, -0.15) is 0 Å². The van der Waals surface area contributed by atoms with Crippen molar-refractivity contribution in [1.82, 2.24) is 14.9 Å². The third kappa shape index (κ3) is 4.03. The number of aromatic hydroxyl groups is 1. The van der Waals surface area contributed by atoms with Gasteiger partial charge in [0.2, 0.25) is 0 Å². The highest BCUT2D eigenvalue weighted by molar-refractivity contribution is 5.94. The van der Waals surface area contributed by atoms with E-state index in [1.165, 1.54) is 6.07 Å². The first kappa shape index (κ1) is 17.7. The Bertz CT molecular complexity index is 807. The van der Waals surface area contributed by atoms with Gasteiger partial charge in [-0.25, -0.2) is 9.97 Å². The standard InChI is InChI=1S/C20H24N4O3/c25-17-5-1-3-15(11-17)20(26)24-6-2-4-16(13-24)18-12-19(22-14-21-18)23-7-9-27-10-8-23/h1,3,5,11-12,14,16,25H,2,4,6-10,13H2. The molecule has 0 radical (unpaired) electrons. The Kier molecular flexibility index (Phi) is 5.20. The van der Waals surface area contributed by atoms with Gasteiger partial charge in [-0.3, -0.25) is 4.79 Å². The minimum atomic E-state index is -0.0435. The Morgan fingerprint density at radius 1 is 1.15 bits per heavy atom. The van der Waals surface area contributed by atoms with Crippen LogP contribution in [-0.2, 0) is 4.74 Å². The van der Waals surface area contributed by atoms with Gasteiger partial charge >= 0.3 is 0 Å². The molecule has 0 saturated carbocycles. The van der Waals surface area contributed by atoms with Crippen LogP contribution in [0.1, 0.15) is 34.8 Å². The van der Waals surface area contributed by atoms with Gasteiger partial charge in [-0.1, -0.05) is 6.07 Å². The molecule has 7 nitrogen and oxygen atoms in total. The number of morpholine rings is 1. The van der Waals surface area contributed by atoms with Gasteiger partial charge in [-0.05, 0) is 31.0 Å². The maximum Gasteiger partial charge on any atom is 0.254 e. The summed E-state index contributed by atoms with van der Waals surface area (Å²) in [6.07, 6.45) is 3.56. The first-order chi connectivity index (χ1) is 13.2. The molecular formula is C20H24N4O3. The van der Waals surface area contributed by atoms with Crippen molar-refractivity contribution in [2.75, 3.05) is 44.3 Å². The van der Waals surface area contributed by atoms with Crippen LogP contribution in [0.25, 0.3) is 0 Å². The zero-order chi connectivity index (χ0) is 18.6. The first-order valence-electron chi connectivity index (χ1n) is 9.43. The molecule has 0 spiro atoms. The molecular weight excluding hydrogens is 344 g/mol. The number of amides is 1. The van der Waals surface area contributed by atoms with Crippen LogP contribution in [0.2, 0.25) is 0 Å². The second kappa shape index (κ2) is 7.92. The van der Waals surface area contributed by atoms with E-state index in [4.69, 9.17) is 4.74 Å². The molecule has 1 aromatic carbocycles. The number of phenolic OH excluding ortho intramolecular Hbond substituents is 1. The van der Waals surface area contributed by atoms with Gasteiger partial charge in [0, 0.05) is 43.7 Å². The van der Waals surface area contributed by atoms with Crippen molar-refractivity contribution in [2.24, 2.45) is 0 Å². The van der Waals surface area contributed by atoms with Gasteiger partial charge < -0.3 is 19.6 Å². The second-order valence-electron chi connectivity index (χ2n) is 7.04. The van der Waals surface area contributed by atoms with Crippen molar-refractivity contribution in [2.45, 2.75) is 18.8 Å². The lowest BCUT2D eigenvalue weighted by molar-refractivity contribution is 0.0705. The van der Waals surface area contributed by atoms with Crippen LogP contribution in [-0.4, -0.2) is 65.3 Å². The number of carbonyl (C=O) groups excluding carboxylic acids is 1. The number of piperidine rings is 1. The number of aromatic nitrogens is 2. The number of carbonyl (C=O) groups is 1. The summed E-state index contributed by atoms with van der Waals surface area (Å²) < 4.78 is 5.41. The van der Waals surface area contributed by atoms with Crippen molar-refractivity contribution in [3.05, 3.63) is 47.9 Å². The van der Waals surface area contributed by atoms with Crippen molar-refractivity contribution >= 4 is 11.7 Å². The van der Waals surface area contributed by atoms with E-state index in [0.29, 0.717) is 12.1 Å². The van der Waals surface area contributed by atoms with Gasteiger partial charge in [0.1, 0.15) is 17.9 Å². The Morgan fingerprint density at radius 3 is 2.81 bits per heavy atom. The average molecular weight is 368 g/mol. The molecule has 4 rings (SSSR count). The summed E-state index contributed by atoms with van der Waals surface area (Å²) in [5, 5.41) is 9.64. The van der Waals surface area contributed by atoms with E-state index in [1.54, 1.807) is 24.5 Å². The lowest BCUT2D eigenvalue weighted by atomic mass is 9.94.